The number of ether oxygens (including phenoxy) is 2. The standard InChI is InChI=1S/C23H21FN6O3S/c24-19-14(6-9-25-20(19)29-34-16-3-4-16)13-30-22(31)33-18-12-15(32-21-26-10-11-27-28-21)2-5-17(18)23(30)7-1-8-23/h2,5-6,9-12,16H,1,3-4,7-8,13H2,(H,25,29). The van der Waals surface area contributed by atoms with E-state index in [2.05, 4.69) is 24.9 Å². The van der Waals surface area contributed by atoms with Gasteiger partial charge in [-0.15, -0.1) is 0 Å². The third kappa shape index (κ3) is 3.79. The molecule has 0 atom stereocenters. The second-order valence-electron chi connectivity index (χ2n) is 8.58. The number of halogens is 1. The molecule has 0 radical (unpaired) electrons. The minimum absolute atomic E-state index is 0.0944. The highest BCUT2D eigenvalue weighted by molar-refractivity contribution is 8.01. The van der Waals surface area contributed by atoms with Crippen LogP contribution in [0, 0.1) is 5.82 Å². The first-order valence-corrected chi connectivity index (χ1v) is 12.0. The zero-order valence-corrected chi connectivity index (χ0v) is 18.9. The summed E-state index contributed by atoms with van der Waals surface area (Å²) in [6.45, 7) is 0.0944. The van der Waals surface area contributed by atoms with Gasteiger partial charge in [0, 0.05) is 28.6 Å². The molecule has 2 fully saturated rings. The number of nitrogens with zero attached hydrogens (tertiary/aromatic N) is 5. The molecule has 0 bridgehead atoms. The summed E-state index contributed by atoms with van der Waals surface area (Å²) >= 11 is 1.49. The Hall–Kier alpha value is -3.47. The van der Waals surface area contributed by atoms with Crippen LogP contribution in [-0.4, -0.2) is 36.4 Å². The van der Waals surface area contributed by atoms with Crippen LogP contribution in [0.3, 0.4) is 0 Å². The minimum Gasteiger partial charge on any atom is -0.423 e. The van der Waals surface area contributed by atoms with E-state index in [1.165, 1.54) is 24.3 Å². The van der Waals surface area contributed by atoms with Gasteiger partial charge in [-0.25, -0.2) is 19.2 Å². The zero-order chi connectivity index (χ0) is 23.1. The zero-order valence-electron chi connectivity index (χ0n) is 18.1. The molecule has 174 valence electrons. The number of aromatic nitrogens is 4. The van der Waals surface area contributed by atoms with E-state index < -0.39 is 17.4 Å². The third-order valence-electron chi connectivity index (χ3n) is 6.38. The van der Waals surface area contributed by atoms with Crippen molar-refractivity contribution in [3.63, 3.8) is 0 Å². The van der Waals surface area contributed by atoms with Crippen molar-refractivity contribution in [2.75, 3.05) is 4.72 Å². The van der Waals surface area contributed by atoms with Crippen LogP contribution in [0.25, 0.3) is 0 Å². The Balaban J connectivity index is 1.27. The molecule has 1 aromatic carbocycles. The Kier molecular flexibility index (Phi) is 5.20. The van der Waals surface area contributed by atoms with E-state index in [0.29, 0.717) is 22.3 Å². The van der Waals surface area contributed by atoms with Crippen molar-refractivity contribution in [3.05, 3.63) is 59.8 Å². The lowest BCUT2D eigenvalue weighted by Crippen LogP contribution is -2.57. The number of carbonyl (C=O) groups is 1. The van der Waals surface area contributed by atoms with Crippen molar-refractivity contribution in [3.8, 4) is 17.5 Å². The summed E-state index contributed by atoms with van der Waals surface area (Å²) in [6, 6.07) is 7.05. The molecule has 3 heterocycles. The summed E-state index contributed by atoms with van der Waals surface area (Å²) < 4.78 is 29.5. The average Bonchev–Trinajstić information content (AvgIpc) is 3.64. The van der Waals surface area contributed by atoms with E-state index in [1.807, 2.05) is 6.07 Å². The SMILES string of the molecule is O=C1Oc2cc(Oc3nccnn3)ccc2C2(CCC2)N1Cc1ccnc(NSC2CC2)c1F. The summed E-state index contributed by atoms with van der Waals surface area (Å²) in [5, 5.41) is 8.06. The fourth-order valence-electron chi connectivity index (χ4n) is 4.33. The molecule has 2 aromatic heterocycles. The lowest BCUT2D eigenvalue weighted by Gasteiger charge is -2.52. The summed E-state index contributed by atoms with van der Waals surface area (Å²) in [7, 11) is 0. The van der Waals surface area contributed by atoms with Gasteiger partial charge in [0.05, 0.1) is 24.5 Å². The summed E-state index contributed by atoms with van der Waals surface area (Å²) in [4.78, 5) is 22.9. The minimum atomic E-state index is -0.542. The molecular weight excluding hydrogens is 459 g/mol. The Morgan fingerprint density at radius 3 is 2.82 bits per heavy atom. The van der Waals surface area contributed by atoms with Crippen LogP contribution in [-0.2, 0) is 12.1 Å². The van der Waals surface area contributed by atoms with E-state index in [9.17, 15) is 4.79 Å². The van der Waals surface area contributed by atoms with Gasteiger partial charge in [0.25, 0.3) is 0 Å². The van der Waals surface area contributed by atoms with Crippen LogP contribution < -0.4 is 14.2 Å². The monoisotopic (exact) mass is 480 g/mol. The average molecular weight is 481 g/mol. The van der Waals surface area contributed by atoms with Gasteiger partial charge in [0.2, 0.25) is 0 Å². The maximum Gasteiger partial charge on any atom is 0.416 e. The highest BCUT2D eigenvalue weighted by atomic mass is 32.2. The summed E-state index contributed by atoms with van der Waals surface area (Å²) in [6.07, 6.45) is 8.75. The van der Waals surface area contributed by atoms with E-state index in [4.69, 9.17) is 9.47 Å². The Bertz CT molecular complexity index is 1240. The molecule has 1 aliphatic heterocycles. The normalized spacial score (nSPS) is 18.1. The molecule has 1 amide bonds. The van der Waals surface area contributed by atoms with Gasteiger partial charge in [-0.2, -0.15) is 5.10 Å². The van der Waals surface area contributed by atoms with Gasteiger partial charge in [-0.1, -0.05) is 5.10 Å². The molecule has 1 spiro atoms. The molecule has 11 heteroatoms. The highest BCUT2D eigenvalue weighted by Gasteiger charge is 2.52. The predicted octanol–water partition coefficient (Wildman–Crippen LogP) is 4.81. The summed E-state index contributed by atoms with van der Waals surface area (Å²) in [5.74, 6) is 0.624. The largest absolute Gasteiger partial charge is 0.423 e. The number of amides is 1. The van der Waals surface area contributed by atoms with E-state index >= 15 is 4.39 Å². The molecule has 1 N–H and O–H groups in total. The number of carbonyl (C=O) groups excluding carboxylic acids is 1. The molecule has 9 nitrogen and oxygen atoms in total. The first kappa shape index (κ1) is 21.1. The van der Waals surface area contributed by atoms with Crippen LogP contribution in [0.15, 0.2) is 42.9 Å². The summed E-state index contributed by atoms with van der Waals surface area (Å²) in [5.41, 5.74) is 0.740. The maximum absolute atomic E-state index is 15.2. The van der Waals surface area contributed by atoms with Gasteiger partial charge in [0.1, 0.15) is 11.5 Å². The first-order valence-electron chi connectivity index (χ1n) is 11.1. The number of anilines is 1. The molecular formula is C23H21FN6O3S. The van der Waals surface area contributed by atoms with E-state index in [1.54, 1.807) is 29.3 Å². The molecule has 0 unspecified atom stereocenters. The van der Waals surface area contributed by atoms with Gasteiger partial charge >= 0.3 is 12.1 Å². The van der Waals surface area contributed by atoms with Crippen LogP contribution in [0.1, 0.15) is 43.2 Å². The van der Waals surface area contributed by atoms with Crippen LogP contribution >= 0.6 is 11.9 Å². The number of pyridine rings is 1. The fourth-order valence-corrected chi connectivity index (χ4v) is 5.12. The molecule has 0 saturated heterocycles. The quantitative estimate of drug-likeness (QED) is 0.477. The molecule has 34 heavy (non-hydrogen) atoms. The van der Waals surface area contributed by atoms with Gasteiger partial charge in [-0.3, -0.25) is 4.90 Å². The lowest BCUT2D eigenvalue weighted by atomic mass is 9.69. The van der Waals surface area contributed by atoms with Crippen molar-refractivity contribution in [1.29, 1.82) is 0 Å². The van der Waals surface area contributed by atoms with Crippen LogP contribution in [0.4, 0.5) is 15.0 Å². The second-order valence-corrected chi connectivity index (χ2v) is 9.68. The van der Waals surface area contributed by atoms with Crippen LogP contribution in [0.2, 0.25) is 0 Å². The van der Waals surface area contributed by atoms with Crippen molar-refractivity contribution >= 4 is 23.9 Å². The van der Waals surface area contributed by atoms with Gasteiger partial charge < -0.3 is 14.2 Å². The Labute approximate surface area is 199 Å². The van der Waals surface area contributed by atoms with Crippen LogP contribution in [0.5, 0.6) is 17.5 Å². The van der Waals surface area contributed by atoms with E-state index in [-0.39, 0.29) is 18.4 Å². The highest BCUT2D eigenvalue weighted by Crippen LogP contribution is 2.53. The predicted molar refractivity (Wildman–Crippen MR) is 122 cm³/mol. The van der Waals surface area contributed by atoms with E-state index in [0.717, 1.165) is 37.7 Å². The third-order valence-corrected chi connectivity index (χ3v) is 7.50. The molecule has 6 rings (SSSR count). The van der Waals surface area contributed by atoms with Crippen molar-refractivity contribution < 1.29 is 18.7 Å². The molecule has 3 aromatic rings. The van der Waals surface area contributed by atoms with Gasteiger partial charge in [-0.05, 0) is 62.3 Å². The Morgan fingerprint density at radius 2 is 2.09 bits per heavy atom. The number of nitrogens with one attached hydrogen (secondary N) is 1. The second kappa shape index (κ2) is 8.39. The maximum atomic E-state index is 15.2. The lowest BCUT2D eigenvalue weighted by molar-refractivity contribution is 0.00112. The van der Waals surface area contributed by atoms with Gasteiger partial charge in [0.15, 0.2) is 11.6 Å². The topological polar surface area (TPSA) is 102 Å². The van der Waals surface area contributed by atoms with Crippen molar-refractivity contribution in [1.82, 2.24) is 25.1 Å². The molecule has 2 aliphatic carbocycles. The Morgan fingerprint density at radius 1 is 1.21 bits per heavy atom. The number of hydrogen-bond donors (Lipinski definition) is 1. The number of fused-ring (bicyclic) bond motifs is 2. The molecule has 2 saturated carbocycles. The number of rotatable bonds is 7. The number of benzene rings is 1. The molecule has 3 aliphatic rings. The van der Waals surface area contributed by atoms with Crippen molar-refractivity contribution in [2.45, 2.75) is 49.4 Å². The smallest absolute Gasteiger partial charge is 0.416 e. The first-order chi connectivity index (χ1) is 16.6. The fraction of sp³-hybridized carbons (Fsp3) is 0.348. The van der Waals surface area contributed by atoms with Crippen molar-refractivity contribution in [2.24, 2.45) is 0 Å². The number of hydrogen-bond acceptors (Lipinski definition) is 9.